The average Bonchev–Trinajstić information content (AvgIpc) is 3.00. The molecular formula is C33H46N4O11. The van der Waals surface area contributed by atoms with Crippen LogP contribution in [0.2, 0.25) is 0 Å². The first kappa shape index (κ1) is 42.7. The van der Waals surface area contributed by atoms with E-state index in [0.29, 0.717) is 12.8 Å². The lowest BCUT2D eigenvalue weighted by atomic mass is 9.99. The number of carboxylic acid groups (broad SMARTS) is 3. The van der Waals surface area contributed by atoms with Crippen molar-refractivity contribution in [3.8, 4) is 0 Å². The van der Waals surface area contributed by atoms with Gasteiger partial charge in [0.05, 0.1) is 19.5 Å². The Morgan fingerprint density at radius 3 is 1.85 bits per heavy atom. The van der Waals surface area contributed by atoms with Crippen molar-refractivity contribution in [2.24, 2.45) is 5.92 Å². The summed E-state index contributed by atoms with van der Waals surface area (Å²) in [6, 6.07) is 11.8. The van der Waals surface area contributed by atoms with Gasteiger partial charge in [0.15, 0.2) is 5.78 Å². The average molecular weight is 675 g/mol. The van der Waals surface area contributed by atoms with Gasteiger partial charge in [-0.05, 0) is 35.1 Å². The Labute approximate surface area is 278 Å². The normalized spacial score (nSPS) is 11.3. The summed E-state index contributed by atoms with van der Waals surface area (Å²) in [5, 5.41) is 35.9. The Kier molecular flexibility index (Phi) is 20.5. The second kappa shape index (κ2) is 23.1. The third-order valence-corrected chi connectivity index (χ3v) is 6.31. The van der Waals surface area contributed by atoms with E-state index in [-0.39, 0.29) is 24.7 Å². The molecule has 0 fully saturated rings. The van der Waals surface area contributed by atoms with Crippen LogP contribution in [0.15, 0.2) is 42.5 Å². The fourth-order valence-corrected chi connectivity index (χ4v) is 4.05. The largest absolute Gasteiger partial charge is 0.481 e. The number of fused-ring (bicyclic) bond motifs is 1. The topological polar surface area (TPSA) is 245 Å². The lowest BCUT2D eigenvalue weighted by Crippen LogP contribution is -2.54. The van der Waals surface area contributed by atoms with Crippen molar-refractivity contribution in [2.45, 2.75) is 78.8 Å². The highest BCUT2D eigenvalue weighted by atomic mass is 16.4. The number of hydrogen-bond acceptors (Lipinski definition) is 8. The highest BCUT2D eigenvalue weighted by Crippen LogP contribution is 2.20. The number of hydrogen-bond donors (Lipinski definition) is 7. The Morgan fingerprint density at radius 2 is 1.31 bits per heavy atom. The molecule has 0 aliphatic rings. The lowest BCUT2D eigenvalue weighted by Gasteiger charge is -2.22. The minimum atomic E-state index is -1.34. The standard InChI is InChI=1S/C28H36N4O7.C3H6O2.C2H4O2/c1-17(2)26(32-24(35)16-30-27(38)23(14-25(36)37)31-18(3)33)28(39)29-15-21(34)12-7-11-20-10-6-9-19-8-4-5-13-22(19)20;1-2-3(4)5;1-2(3)4/h4-6,8-10,13,17,23,26H,7,11-12,14-16H2,1-3H3,(H,29,39)(H,30,38)(H,31,33)(H,32,35)(H,36,37);2H2,1H3,(H,4,5);1H3,(H,3,4)/t23-,26?;;/m0../s1. The van der Waals surface area contributed by atoms with Gasteiger partial charge in [-0.1, -0.05) is 63.2 Å². The van der Waals surface area contributed by atoms with Gasteiger partial charge in [0.2, 0.25) is 23.6 Å². The minimum Gasteiger partial charge on any atom is -0.481 e. The molecule has 15 nitrogen and oxygen atoms in total. The second-order valence-electron chi connectivity index (χ2n) is 10.9. The third kappa shape index (κ3) is 19.2. The summed E-state index contributed by atoms with van der Waals surface area (Å²) in [5.41, 5.74) is 1.16. The Bertz CT molecular complexity index is 1400. The number of benzene rings is 2. The molecule has 7 N–H and O–H groups in total. The van der Waals surface area contributed by atoms with Gasteiger partial charge in [-0.2, -0.15) is 0 Å². The number of ketones is 1. The first-order valence-electron chi connectivity index (χ1n) is 15.2. The number of carbonyl (C=O) groups excluding carboxylic acids is 5. The van der Waals surface area contributed by atoms with Crippen molar-refractivity contribution in [1.29, 1.82) is 0 Å². The van der Waals surface area contributed by atoms with E-state index < -0.39 is 66.6 Å². The molecular weight excluding hydrogens is 628 g/mol. The van der Waals surface area contributed by atoms with E-state index in [2.05, 4.69) is 27.3 Å². The first-order chi connectivity index (χ1) is 22.5. The molecule has 0 radical (unpaired) electrons. The molecule has 2 aromatic carbocycles. The molecule has 264 valence electrons. The van der Waals surface area contributed by atoms with Crippen LogP contribution in [-0.4, -0.2) is 87.8 Å². The zero-order chi connectivity index (χ0) is 36.8. The molecule has 0 aliphatic heterocycles. The van der Waals surface area contributed by atoms with E-state index in [1.54, 1.807) is 20.8 Å². The van der Waals surface area contributed by atoms with Crippen molar-refractivity contribution >= 4 is 58.1 Å². The van der Waals surface area contributed by atoms with E-state index in [4.69, 9.17) is 20.1 Å². The van der Waals surface area contributed by atoms with Gasteiger partial charge in [-0.15, -0.1) is 0 Å². The molecule has 2 aromatic rings. The van der Waals surface area contributed by atoms with Crippen molar-refractivity contribution < 1.29 is 53.7 Å². The number of rotatable bonds is 16. The van der Waals surface area contributed by atoms with Crippen LogP contribution >= 0.6 is 0 Å². The quantitative estimate of drug-likeness (QED) is 0.135. The Morgan fingerprint density at radius 1 is 0.750 bits per heavy atom. The molecule has 2 atom stereocenters. The van der Waals surface area contributed by atoms with Crippen LogP contribution in [0, 0.1) is 5.92 Å². The summed E-state index contributed by atoms with van der Waals surface area (Å²) in [7, 11) is 0. The Balaban J connectivity index is 0.00000216. The van der Waals surface area contributed by atoms with Crippen LogP contribution in [0.25, 0.3) is 10.8 Å². The maximum Gasteiger partial charge on any atom is 0.305 e. The summed E-state index contributed by atoms with van der Waals surface area (Å²) in [5.74, 6) is -5.98. The van der Waals surface area contributed by atoms with Crippen LogP contribution in [-0.2, 0) is 44.8 Å². The van der Waals surface area contributed by atoms with Crippen LogP contribution in [0.3, 0.4) is 0 Å². The van der Waals surface area contributed by atoms with Crippen molar-refractivity contribution in [2.75, 3.05) is 13.1 Å². The van der Waals surface area contributed by atoms with Crippen LogP contribution in [0.1, 0.15) is 65.9 Å². The highest BCUT2D eigenvalue weighted by molar-refractivity contribution is 5.94. The molecule has 0 spiro atoms. The van der Waals surface area contributed by atoms with Gasteiger partial charge in [-0.3, -0.25) is 38.4 Å². The predicted octanol–water partition coefficient (Wildman–Crippen LogP) is 1.66. The monoisotopic (exact) mass is 674 g/mol. The Hall–Kier alpha value is -5.34. The van der Waals surface area contributed by atoms with Gasteiger partial charge in [0, 0.05) is 26.7 Å². The molecule has 4 amide bonds. The maximum atomic E-state index is 12.7. The van der Waals surface area contributed by atoms with E-state index >= 15 is 0 Å². The lowest BCUT2D eigenvalue weighted by molar-refractivity contribution is -0.140. The van der Waals surface area contributed by atoms with Gasteiger partial charge in [0.1, 0.15) is 12.1 Å². The number of nitrogens with one attached hydrogen (secondary N) is 4. The van der Waals surface area contributed by atoms with E-state index in [9.17, 15) is 33.6 Å². The summed E-state index contributed by atoms with van der Waals surface area (Å²) in [6.45, 7) is 6.55. The van der Waals surface area contributed by atoms with Crippen LogP contribution in [0.5, 0.6) is 0 Å². The van der Waals surface area contributed by atoms with Gasteiger partial charge >= 0.3 is 11.9 Å². The minimum absolute atomic E-state index is 0.132. The smallest absolute Gasteiger partial charge is 0.305 e. The number of aryl methyl sites for hydroxylation is 1. The number of Topliss-reactive ketones (excluding diaryl/α,β-unsaturated/α-hetero) is 1. The van der Waals surface area contributed by atoms with E-state index in [1.807, 2.05) is 36.4 Å². The molecule has 1 unspecified atom stereocenters. The molecule has 0 saturated carbocycles. The molecule has 0 aromatic heterocycles. The van der Waals surface area contributed by atoms with Crippen molar-refractivity contribution in [3.05, 3.63) is 48.0 Å². The third-order valence-electron chi connectivity index (χ3n) is 6.31. The second-order valence-corrected chi connectivity index (χ2v) is 10.9. The van der Waals surface area contributed by atoms with Gasteiger partial charge in [-0.25, -0.2) is 0 Å². The van der Waals surface area contributed by atoms with Crippen molar-refractivity contribution in [1.82, 2.24) is 21.3 Å². The molecule has 2 rings (SSSR count). The predicted molar refractivity (Wildman–Crippen MR) is 176 cm³/mol. The fraction of sp³-hybridized carbons (Fsp3) is 0.455. The van der Waals surface area contributed by atoms with Gasteiger partial charge in [0.25, 0.3) is 5.97 Å². The van der Waals surface area contributed by atoms with E-state index in [0.717, 1.165) is 36.6 Å². The summed E-state index contributed by atoms with van der Waals surface area (Å²) < 4.78 is 0. The molecule has 15 heteroatoms. The molecule has 0 saturated heterocycles. The fourth-order valence-electron chi connectivity index (χ4n) is 4.05. The number of aliphatic carboxylic acids is 3. The highest BCUT2D eigenvalue weighted by Gasteiger charge is 2.26. The van der Waals surface area contributed by atoms with Crippen LogP contribution in [0.4, 0.5) is 0 Å². The summed E-state index contributed by atoms with van der Waals surface area (Å²) in [6.07, 6.45) is 1.22. The number of carbonyl (C=O) groups is 8. The van der Waals surface area contributed by atoms with E-state index in [1.165, 1.54) is 0 Å². The molecule has 48 heavy (non-hydrogen) atoms. The molecule has 0 bridgehead atoms. The first-order valence-corrected chi connectivity index (χ1v) is 15.2. The summed E-state index contributed by atoms with van der Waals surface area (Å²) >= 11 is 0. The molecule has 0 heterocycles. The maximum absolute atomic E-state index is 12.7. The molecule has 0 aliphatic carbocycles. The number of carboxylic acids is 3. The van der Waals surface area contributed by atoms with Crippen LogP contribution < -0.4 is 21.3 Å². The van der Waals surface area contributed by atoms with Crippen molar-refractivity contribution in [3.63, 3.8) is 0 Å². The summed E-state index contributed by atoms with van der Waals surface area (Å²) in [4.78, 5) is 90.2. The zero-order valence-corrected chi connectivity index (χ0v) is 27.8. The zero-order valence-electron chi connectivity index (χ0n) is 27.8. The SMILES string of the molecule is CC(=O)N[C@@H](CC(=O)O)C(=O)NCC(=O)NC(C(=O)NCC(=O)CCCc1cccc2ccccc12)C(C)C.CC(=O)O.CCC(=O)O. The number of amides is 4. The van der Waals surface area contributed by atoms with Gasteiger partial charge < -0.3 is 36.6 Å².